The molecule has 6 heteroatoms. The predicted molar refractivity (Wildman–Crippen MR) is 124 cm³/mol. The van der Waals surface area contributed by atoms with Crippen molar-refractivity contribution < 1.29 is 14.3 Å². The summed E-state index contributed by atoms with van der Waals surface area (Å²) in [6, 6.07) is 20.2. The van der Waals surface area contributed by atoms with Crippen LogP contribution in [0.25, 0.3) is 5.69 Å². The number of aromatic nitrogens is 1. The summed E-state index contributed by atoms with van der Waals surface area (Å²) in [7, 11) is 1.35. The number of benzene rings is 2. The fraction of sp³-hybridized carbons (Fsp3) is 0.308. The summed E-state index contributed by atoms with van der Waals surface area (Å²) in [4.78, 5) is 26.7. The van der Waals surface area contributed by atoms with Gasteiger partial charge in [-0.2, -0.15) is 0 Å². The van der Waals surface area contributed by atoms with Gasteiger partial charge in [0.25, 0.3) is 0 Å². The van der Waals surface area contributed by atoms with Gasteiger partial charge in [-0.1, -0.05) is 56.3 Å². The molecular weight excluding hydrogens is 402 g/mol. The van der Waals surface area contributed by atoms with Crippen LogP contribution in [0.1, 0.15) is 54.6 Å². The molecule has 1 aliphatic rings. The number of hydrogen-bond donors (Lipinski definition) is 1. The van der Waals surface area contributed by atoms with Crippen molar-refractivity contribution in [1.82, 2.24) is 14.8 Å². The van der Waals surface area contributed by atoms with Gasteiger partial charge in [-0.05, 0) is 40.8 Å². The molecular formula is C26H29N3O3. The van der Waals surface area contributed by atoms with Gasteiger partial charge >= 0.3 is 12.0 Å². The Balaban J connectivity index is 1.74. The molecule has 0 saturated heterocycles. The largest absolute Gasteiger partial charge is 0.469 e. The minimum Gasteiger partial charge on any atom is -0.469 e. The summed E-state index contributed by atoms with van der Waals surface area (Å²) in [5.41, 5.74) is 5.46. The Morgan fingerprint density at radius 2 is 1.81 bits per heavy atom. The molecule has 6 nitrogen and oxygen atoms in total. The van der Waals surface area contributed by atoms with E-state index in [1.165, 1.54) is 12.7 Å². The molecule has 1 unspecified atom stereocenters. The smallest absolute Gasteiger partial charge is 0.318 e. The summed E-state index contributed by atoms with van der Waals surface area (Å²) >= 11 is 0. The van der Waals surface area contributed by atoms with E-state index in [0.717, 1.165) is 22.5 Å². The lowest BCUT2D eigenvalue weighted by molar-refractivity contribution is -0.140. The molecule has 2 aromatic carbocycles. The van der Waals surface area contributed by atoms with E-state index in [2.05, 4.69) is 66.2 Å². The van der Waals surface area contributed by atoms with Gasteiger partial charge in [-0.15, -0.1) is 0 Å². The second-order valence-electron chi connectivity index (χ2n) is 8.34. The molecule has 0 fully saturated rings. The number of amides is 2. The maximum atomic E-state index is 13.4. The first kappa shape index (κ1) is 21.7. The summed E-state index contributed by atoms with van der Waals surface area (Å²) in [5, 5.41) is 2.91. The van der Waals surface area contributed by atoms with Gasteiger partial charge in [0.05, 0.1) is 31.8 Å². The van der Waals surface area contributed by atoms with E-state index in [-0.39, 0.29) is 31.0 Å². The molecule has 166 valence electrons. The normalized spacial score (nSPS) is 15.0. The topological polar surface area (TPSA) is 63.6 Å². The van der Waals surface area contributed by atoms with Crippen molar-refractivity contribution in [1.29, 1.82) is 0 Å². The zero-order valence-corrected chi connectivity index (χ0v) is 18.7. The number of nitrogens with zero attached hydrogens (tertiary/aromatic N) is 2. The molecule has 32 heavy (non-hydrogen) atoms. The Morgan fingerprint density at radius 3 is 2.53 bits per heavy atom. The lowest BCUT2D eigenvalue weighted by atomic mass is 9.97. The maximum absolute atomic E-state index is 13.4. The van der Waals surface area contributed by atoms with Crippen molar-refractivity contribution in [2.75, 3.05) is 13.7 Å². The van der Waals surface area contributed by atoms with Gasteiger partial charge in [0, 0.05) is 18.4 Å². The standard InChI is InChI=1S/C26H29N3O3/c1-18(2)19-10-12-20(13-11-19)25-23-9-6-16-28(23)22-8-5-4-7-21(22)17-29(25)26(31)27-15-14-24(30)32-3/h4-13,16,18,25H,14-15,17H2,1-3H3,(H,27,31). The van der Waals surface area contributed by atoms with Crippen LogP contribution in [0.3, 0.4) is 0 Å². The highest BCUT2D eigenvalue weighted by atomic mass is 16.5. The van der Waals surface area contributed by atoms with E-state index in [9.17, 15) is 9.59 Å². The third-order valence-corrected chi connectivity index (χ3v) is 5.98. The molecule has 0 spiro atoms. The zero-order chi connectivity index (χ0) is 22.7. The summed E-state index contributed by atoms with van der Waals surface area (Å²) < 4.78 is 6.86. The fourth-order valence-corrected chi connectivity index (χ4v) is 4.23. The number of methoxy groups -OCH3 is 1. The molecule has 0 bridgehead atoms. The van der Waals surface area contributed by atoms with Gasteiger partial charge in [0.2, 0.25) is 0 Å². The number of carbonyl (C=O) groups excluding carboxylic acids is 2. The van der Waals surface area contributed by atoms with Gasteiger partial charge in [0.1, 0.15) is 0 Å². The molecule has 3 aromatic rings. The van der Waals surface area contributed by atoms with Crippen molar-refractivity contribution in [2.45, 2.75) is 38.8 Å². The Kier molecular flexibility index (Phi) is 6.30. The van der Waals surface area contributed by atoms with Gasteiger partial charge in [0.15, 0.2) is 0 Å². The average Bonchev–Trinajstić information content (AvgIpc) is 3.23. The number of rotatable bonds is 5. The van der Waals surface area contributed by atoms with Crippen molar-refractivity contribution >= 4 is 12.0 Å². The van der Waals surface area contributed by atoms with E-state index >= 15 is 0 Å². The lowest BCUT2D eigenvalue weighted by Gasteiger charge is -2.31. The van der Waals surface area contributed by atoms with Crippen LogP contribution in [0.4, 0.5) is 4.79 Å². The quantitative estimate of drug-likeness (QED) is 0.592. The number of hydrogen-bond acceptors (Lipinski definition) is 3. The van der Waals surface area contributed by atoms with Crippen LogP contribution < -0.4 is 5.32 Å². The average molecular weight is 432 g/mol. The van der Waals surface area contributed by atoms with E-state index in [0.29, 0.717) is 12.5 Å². The van der Waals surface area contributed by atoms with Crippen molar-refractivity contribution in [2.24, 2.45) is 0 Å². The van der Waals surface area contributed by atoms with E-state index < -0.39 is 0 Å². The number of nitrogens with one attached hydrogen (secondary N) is 1. The summed E-state index contributed by atoms with van der Waals surface area (Å²) in [5.74, 6) is 0.0882. The highest BCUT2D eigenvalue weighted by Gasteiger charge is 2.32. The number of esters is 1. The summed E-state index contributed by atoms with van der Waals surface area (Å²) in [6.07, 6.45) is 2.18. The number of urea groups is 1. The van der Waals surface area contributed by atoms with Crippen LogP contribution in [0.15, 0.2) is 66.9 Å². The molecule has 1 N–H and O–H groups in total. The van der Waals surface area contributed by atoms with Crippen LogP contribution in [-0.2, 0) is 16.1 Å². The molecule has 0 radical (unpaired) electrons. The number of ether oxygens (including phenoxy) is 1. The second kappa shape index (κ2) is 9.30. The second-order valence-corrected chi connectivity index (χ2v) is 8.34. The molecule has 0 aliphatic carbocycles. The minimum absolute atomic E-state index is 0.136. The molecule has 1 atom stereocenters. The molecule has 4 rings (SSSR count). The molecule has 2 amide bonds. The van der Waals surface area contributed by atoms with Crippen molar-refractivity contribution in [3.63, 3.8) is 0 Å². The zero-order valence-electron chi connectivity index (χ0n) is 18.7. The van der Waals surface area contributed by atoms with Gasteiger partial charge < -0.3 is 19.5 Å². The molecule has 0 saturated carbocycles. The Hall–Kier alpha value is -3.54. The molecule has 2 heterocycles. The first-order valence-electron chi connectivity index (χ1n) is 11.0. The number of carbonyl (C=O) groups is 2. The predicted octanol–water partition coefficient (Wildman–Crippen LogP) is 4.78. The highest BCUT2D eigenvalue weighted by molar-refractivity contribution is 5.77. The third-order valence-electron chi connectivity index (χ3n) is 5.98. The van der Waals surface area contributed by atoms with Crippen molar-refractivity contribution in [3.8, 4) is 5.69 Å². The van der Waals surface area contributed by atoms with E-state index in [1.807, 2.05) is 29.3 Å². The van der Waals surface area contributed by atoms with Crippen LogP contribution in [0, 0.1) is 0 Å². The SMILES string of the molecule is COC(=O)CCNC(=O)N1Cc2ccccc2-n2cccc2C1c1ccc(C(C)C)cc1. The third kappa shape index (κ3) is 4.26. The fourth-order valence-electron chi connectivity index (χ4n) is 4.23. The molecule has 1 aliphatic heterocycles. The van der Waals surface area contributed by atoms with Crippen LogP contribution in [0.5, 0.6) is 0 Å². The van der Waals surface area contributed by atoms with E-state index in [1.54, 1.807) is 0 Å². The van der Waals surface area contributed by atoms with Crippen molar-refractivity contribution in [3.05, 3.63) is 89.2 Å². The van der Waals surface area contributed by atoms with Crippen LogP contribution in [-0.4, -0.2) is 35.1 Å². The highest BCUT2D eigenvalue weighted by Crippen LogP contribution is 2.36. The number of para-hydroxylation sites is 1. The van der Waals surface area contributed by atoms with Crippen LogP contribution in [0.2, 0.25) is 0 Å². The monoisotopic (exact) mass is 431 g/mol. The summed E-state index contributed by atoms with van der Waals surface area (Å²) in [6.45, 7) is 5.02. The maximum Gasteiger partial charge on any atom is 0.318 e. The Bertz CT molecular complexity index is 1100. The Morgan fingerprint density at radius 1 is 1.06 bits per heavy atom. The lowest BCUT2D eigenvalue weighted by Crippen LogP contribution is -2.42. The minimum atomic E-state index is -0.346. The van der Waals surface area contributed by atoms with Crippen LogP contribution >= 0.6 is 0 Å². The van der Waals surface area contributed by atoms with Gasteiger partial charge in [-0.3, -0.25) is 4.79 Å². The van der Waals surface area contributed by atoms with E-state index in [4.69, 9.17) is 4.74 Å². The number of fused-ring (bicyclic) bond motifs is 3. The molecule has 1 aromatic heterocycles. The first-order chi connectivity index (χ1) is 15.5. The van der Waals surface area contributed by atoms with Gasteiger partial charge in [-0.25, -0.2) is 4.79 Å². The first-order valence-corrected chi connectivity index (χ1v) is 11.0. The Labute approximate surface area is 188 Å².